The quantitative estimate of drug-likeness (QED) is 0.0491. The van der Waals surface area contributed by atoms with Crippen molar-refractivity contribution in [3.05, 3.63) is 0 Å². The fourth-order valence-corrected chi connectivity index (χ4v) is 6.29. The molecule has 8 heteroatoms. The van der Waals surface area contributed by atoms with E-state index >= 15 is 0 Å². The number of rotatable bonds is 41. The van der Waals surface area contributed by atoms with Gasteiger partial charge in [-0.05, 0) is 64.0 Å². The summed E-state index contributed by atoms with van der Waals surface area (Å²) < 4.78 is 22.9. The topological polar surface area (TPSA) is 94.5 Å². The standard InChI is InChI=1S/C43H85NO7/c1-5-8-11-16-21-28-40(4)37-50-42(46)29-22-17-14-19-24-31-44(33-34-45)32-25-20-15-18-23-30-43(47)51-41(38-48-35-26-12-9-6-2)39-49-36-27-13-10-7-3/h40-41,45H,5-39H2,1-4H3. The molecule has 0 aliphatic heterocycles. The van der Waals surface area contributed by atoms with Crippen LogP contribution in [0.25, 0.3) is 0 Å². The van der Waals surface area contributed by atoms with Crippen LogP contribution in [0.4, 0.5) is 0 Å². The molecule has 0 aromatic heterocycles. The number of hydrogen-bond donors (Lipinski definition) is 1. The smallest absolute Gasteiger partial charge is 0.306 e. The molecular weight excluding hydrogens is 642 g/mol. The van der Waals surface area contributed by atoms with Gasteiger partial charge in [0.15, 0.2) is 0 Å². The summed E-state index contributed by atoms with van der Waals surface area (Å²) in [6.07, 6.45) is 28.1. The van der Waals surface area contributed by atoms with Gasteiger partial charge in [-0.1, -0.05) is 137 Å². The van der Waals surface area contributed by atoms with Gasteiger partial charge in [-0.3, -0.25) is 9.59 Å². The summed E-state index contributed by atoms with van der Waals surface area (Å²) in [7, 11) is 0. The second-order valence-electron chi connectivity index (χ2n) is 15.0. The lowest BCUT2D eigenvalue weighted by molar-refractivity contribution is -0.156. The molecule has 304 valence electrons. The minimum Gasteiger partial charge on any atom is -0.465 e. The van der Waals surface area contributed by atoms with Crippen molar-refractivity contribution in [2.75, 3.05) is 59.3 Å². The van der Waals surface area contributed by atoms with Crippen LogP contribution in [0, 0.1) is 5.92 Å². The number of nitrogens with zero attached hydrogens (tertiary/aromatic N) is 1. The van der Waals surface area contributed by atoms with Crippen molar-refractivity contribution in [1.82, 2.24) is 4.90 Å². The van der Waals surface area contributed by atoms with Crippen LogP contribution >= 0.6 is 0 Å². The molecule has 0 amide bonds. The number of aliphatic hydroxyl groups is 1. The van der Waals surface area contributed by atoms with Crippen molar-refractivity contribution >= 4 is 11.9 Å². The first-order valence-corrected chi connectivity index (χ1v) is 21.8. The third-order valence-corrected chi connectivity index (χ3v) is 9.65. The maximum Gasteiger partial charge on any atom is 0.306 e. The maximum atomic E-state index is 12.6. The molecule has 0 aromatic carbocycles. The number of ether oxygens (including phenoxy) is 4. The first-order chi connectivity index (χ1) is 25.0. The van der Waals surface area contributed by atoms with E-state index in [0.717, 1.165) is 103 Å². The second-order valence-corrected chi connectivity index (χ2v) is 15.0. The Morgan fingerprint density at radius 3 is 1.51 bits per heavy atom. The SMILES string of the molecule is CCCCCCCC(C)COC(=O)CCCCCCCN(CCO)CCCCCCCC(=O)OC(COCCCCCC)COCCCCCC. The minimum absolute atomic E-state index is 0.0432. The summed E-state index contributed by atoms with van der Waals surface area (Å²) in [4.78, 5) is 27.1. The molecule has 0 saturated heterocycles. The van der Waals surface area contributed by atoms with E-state index < -0.39 is 0 Å². The highest BCUT2D eigenvalue weighted by Crippen LogP contribution is 2.14. The van der Waals surface area contributed by atoms with Gasteiger partial charge in [-0.2, -0.15) is 0 Å². The fraction of sp³-hybridized carbons (Fsp3) is 0.953. The summed E-state index contributed by atoms with van der Waals surface area (Å²) in [5, 5.41) is 9.54. The lowest BCUT2D eigenvalue weighted by Gasteiger charge is -2.21. The molecule has 0 aliphatic carbocycles. The highest BCUT2D eigenvalue weighted by Gasteiger charge is 2.15. The van der Waals surface area contributed by atoms with Gasteiger partial charge in [0.2, 0.25) is 0 Å². The lowest BCUT2D eigenvalue weighted by Crippen LogP contribution is -2.29. The van der Waals surface area contributed by atoms with Gasteiger partial charge < -0.3 is 29.0 Å². The number of esters is 2. The third-order valence-electron chi connectivity index (χ3n) is 9.65. The van der Waals surface area contributed by atoms with Crippen molar-refractivity contribution in [1.29, 1.82) is 0 Å². The highest BCUT2D eigenvalue weighted by molar-refractivity contribution is 5.69. The average Bonchev–Trinajstić information content (AvgIpc) is 3.12. The first kappa shape index (κ1) is 49.8. The average molecular weight is 728 g/mol. The lowest BCUT2D eigenvalue weighted by atomic mass is 10.0. The second kappa shape index (κ2) is 40.0. The number of carbonyl (C=O) groups is 2. The number of unbranched alkanes of at least 4 members (excludes halogenated alkanes) is 18. The zero-order chi connectivity index (χ0) is 37.5. The Morgan fingerprint density at radius 1 is 0.529 bits per heavy atom. The molecule has 0 rings (SSSR count). The van der Waals surface area contributed by atoms with Crippen LogP contribution in [0.2, 0.25) is 0 Å². The number of hydrogen-bond acceptors (Lipinski definition) is 8. The van der Waals surface area contributed by atoms with E-state index in [4.69, 9.17) is 18.9 Å². The summed E-state index contributed by atoms with van der Waals surface area (Å²) in [5.74, 6) is 0.266. The van der Waals surface area contributed by atoms with Crippen molar-refractivity contribution < 1.29 is 33.6 Å². The van der Waals surface area contributed by atoms with Crippen LogP contribution in [-0.2, 0) is 28.5 Å². The Labute approximate surface area is 315 Å². The van der Waals surface area contributed by atoms with E-state index in [1.165, 1.54) is 70.6 Å². The molecule has 51 heavy (non-hydrogen) atoms. The summed E-state index contributed by atoms with van der Waals surface area (Å²) in [6.45, 7) is 14.6. The van der Waals surface area contributed by atoms with Crippen LogP contribution in [0.5, 0.6) is 0 Å². The molecule has 8 nitrogen and oxygen atoms in total. The zero-order valence-corrected chi connectivity index (χ0v) is 34.2. The van der Waals surface area contributed by atoms with Crippen LogP contribution in [0.15, 0.2) is 0 Å². The van der Waals surface area contributed by atoms with E-state index in [2.05, 4.69) is 32.6 Å². The van der Waals surface area contributed by atoms with E-state index in [0.29, 0.717) is 51.8 Å². The van der Waals surface area contributed by atoms with Crippen LogP contribution in [0.1, 0.15) is 195 Å². The molecule has 0 aromatic rings. The Balaban J connectivity index is 3.98. The van der Waals surface area contributed by atoms with E-state index in [1.54, 1.807) is 0 Å². The predicted octanol–water partition coefficient (Wildman–Crippen LogP) is 10.6. The Hall–Kier alpha value is -1.22. The fourth-order valence-electron chi connectivity index (χ4n) is 6.29. The van der Waals surface area contributed by atoms with E-state index in [-0.39, 0.29) is 24.6 Å². The molecule has 0 aliphatic rings. The van der Waals surface area contributed by atoms with Crippen molar-refractivity contribution in [3.8, 4) is 0 Å². The maximum absolute atomic E-state index is 12.6. The minimum atomic E-state index is -0.329. The molecular formula is C43H85NO7. The van der Waals surface area contributed by atoms with Gasteiger partial charge in [0, 0.05) is 32.6 Å². The molecule has 0 bridgehead atoms. The van der Waals surface area contributed by atoms with Gasteiger partial charge in [-0.25, -0.2) is 0 Å². The van der Waals surface area contributed by atoms with Gasteiger partial charge >= 0.3 is 11.9 Å². The molecule has 1 atom stereocenters. The third kappa shape index (κ3) is 36.9. The normalized spacial score (nSPS) is 12.2. The molecule has 0 fully saturated rings. The van der Waals surface area contributed by atoms with Crippen molar-refractivity contribution in [3.63, 3.8) is 0 Å². The monoisotopic (exact) mass is 728 g/mol. The van der Waals surface area contributed by atoms with Gasteiger partial charge in [0.05, 0.1) is 26.4 Å². The van der Waals surface area contributed by atoms with Crippen LogP contribution < -0.4 is 0 Å². The molecule has 0 saturated carbocycles. The van der Waals surface area contributed by atoms with Gasteiger partial charge in [0.1, 0.15) is 6.10 Å². The number of aliphatic hydroxyl groups excluding tert-OH is 1. The zero-order valence-electron chi connectivity index (χ0n) is 34.2. The van der Waals surface area contributed by atoms with Crippen LogP contribution in [-0.4, -0.2) is 87.3 Å². The Morgan fingerprint density at radius 2 is 0.980 bits per heavy atom. The van der Waals surface area contributed by atoms with Gasteiger partial charge in [-0.15, -0.1) is 0 Å². The van der Waals surface area contributed by atoms with E-state index in [9.17, 15) is 14.7 Å². The summed E-state index contributed by atoms with van der Waals surface area (Å²) >= 11 is 0. The van der Waals surface area contributed by atoms with Crippen molar-refractivity contribution in [2.24, 2.45) is 5.92 Å². The molecule has 1 N–H and O–H groups in total. The Kier molecular flexibility index (Phi) is 39.0. The highest BCUT2D eigenvalue weighted by atomic mass is 16.6. The summed E-state index contributed by atoms with van der Waals surface area (Å²) in [5.41, 5.74) is 0. The van der Waals surface area contributed by atoms with Gasteiger partial charge in [0.25, 0.3) is 0 Å². The number of carbonyl (C=O) groups excluding carboxylic acids is 2. The predicted molar refractivity (Wildman–Crippen MR) is 212 cm³/mol. The Bertz CT molecular complexity index is 721. The first-order valence-electron chi connectivity index (χ1n) is 21.8. The largest absolute Gasteiger partial charge is 0.465 e. The summed E-state index contributed by atoms with van der Waals surface area (Å²) in [6, 6.07) is 0. The molecule has 0 radical (unpaired) electrons. The van der Waals surface area contributed by atoms with Crippen molar-refractivity contribution in [2.45, 2.75) is 201 Å². The molecule has 0 spiro atoms. The van der Waals surface area contributed by atoms with Crippen LogP contribution in [0.3, 0.4) is 0 Å². The molecule has 1 unspecified atom stereocenters. The molecule has 0 heterocycles. The van der Waals surface area contributed by atoms with E-state index in [1.807, 2.05) is 0 Å².